The summed E-state index contributed by atoms with van der Waals surface area (Å²) < 4.78 is 0. The normalized spacial score (nSPS) is 10.7. The number of aryl methyl sites for hydroxylation is 1. The van der Waals surface area contributed by atoms with E-state index in [-0.39, 0.29) is 0 Å². The minimum atomic E-state index is 0.816. The van der Waals surface area contributed by atoms with Crippen molar-refractivity contribution in [3.63, 3.8) is 0 Å². The highest BCUT2D eigenvalue weighted by Gasteiger charge is 1.96. The molecule has 0 aliphatic carbocycles. The zero-order valence-corrected chi connectivity index (χ0v) is 8.53. The molecule has 0 fully saturated rings. The molecule has 13 heavy (non-hydrogen) atoms. The molecular formula is C11H18N2. The van der Waals surface area contributed by atoms with Gasteiger partial charge in [0.05, 0.1) is 0 Å². The van der Waals surface area contributed by atoms with Crippen molar-refractivity contribution in [2.24, 2.45) is 5.92 Å². The van der Waals surface area contributed by atoms with Crippen LogP contribution >= 0.6 is 0 Å². The Morgan fingerprint density at radius 1 is 1.15 bits per heavy atom. The van der Waals surface area contributed by atoms with Crippen LogP contribution in [0, 0.1) is 5.92 Å². The molecule has 0 unspecified atom stereocenters. The second-order valence-electron chi connectivity index (χ2n) is 3.80. The highest BCUT2D eigenvalue weighted by atomic mass is 14.8. The molecule has 0 radical (unpaired) electrons. The van der Waals surface area contributed by atoms with Crippen LogP contribution in [-0.2, 0) is 6.42 Å². The zero-order valence-electron chi connectivity index (χ0n) is 8.53. The monoisotopic (exact) mass is 178 g/mol. The molecular weight excluding hydrogens is 160 g/mol. The van der Waals surface area contributed by atoms with Crippen LogP contribution in [0.5, 0.6) is 0 Å². The SMILES string of the molecule is CC(C)CCCCc1ncccn1. The van der Waals surface area contributed by atoms with Crippen molar-refractivity contribution in [1.82, 2.24) is 9.97 Å². The van der Waals surface area contributed by atoms with E-state index in [1.165, 1.54) is 19.3 Å². The van der Waals surface area contributed by atoms with Crippen LogP contribution in [0.15, 0.2) is 18.5 Å². The lowest BCUT2D eigenvalue weighted by Gasteiger charge is -2.02. The van der Waals surface area contributed by atoms with Crippen LogP contribution in [0.2, 0.25) is 0 Å². The molecule has 0 aromatic carbocycles. The van der Waals surface area contributed by atoms with Crippen molar-refractivity contribution in [1.29, 1.82) is 0 Å². The quantitative estimate of drug-likeness (QED) is 0.648. The topological polar surface area (TPSA) is 25.8 Å². The lowest BCUT2D eigenvalue weighted by atomic mass is 10.1. The largest absolute Gasteiger partial charge is 0.241 e. The number of hydrogen-bond donors (Lipinski definition) is 0. The van der Waals surface area contributed by atoms with Crippen LogP contribution in [0.25, 0.3) is 0 Å². The third-order valence-electron chi connectivity index (χ3n) is 2.05. The van der Waals surface area contributed by atoms with Crippen LogP contribution in [0.3, 0.4) is 0 Å². The summed E-state index contributed by atoms with van der Waals surface area (Å²) in [7, 11) is 0. The standard InChI is InChI=1S/C11H18N2/c1-10(2)6-3-4-7-11-12-8-5-9-13-11/h5,8-10H,3-4,6-7H2,1-2H3. The van der Waals surface area contributed by atoms with Gasteiger partial charge >= 0.3 is 0 Å². The van der Waals surface area contributed by atoms with E-state index in [2.05, 4.69) is 23.8 Å². The van der Waals surface area contributed by atoms with Crippen molar-refractivity contribution in [2.45, 2.75) is 39.5 Å². The first-order valence-corrected chi connectivity index (χ1v) is 5.05. The van der Waals surface area contributed by atoms with Gasteiger partial charge in [-0.15, -0.1) is 0 Å². The summed E-state index contributed by atoms with van der Waals surface area (Å²) in [6.07, 6.45) is 8.45. The van der Waals surface area contributed by atoms with Crippen LogP contribution in [0.4, 0.5) is 0 Å². The van der Waals surface area contributed by atoms with Crippen LogP contribution in [-0.4, -0.2) is 9.97 Å². The van der Waals surface area contributed by atoms with Gasteiger partial charge in [0.1, 0.15) is 5.82 Å². The summed E-state index contributed by atoms with van der Waals surface area (Å²) in [6.45, 7) is 4.53. The molecule has 0 spiro atoms. The maximum absolute atomic E-state index is 4.18. The van der Waals surface area contributed by atoms with Gasteiger partial charge in [0.2, 0.25) is 0 Å². The van der Waals surface area contributed by atoms with E-state index in [0.717, 1.165) is 18.2 Å². The van der Waals surface area contributed by atoms with Gasteiger partial charge in [-0.2, -0.15) is 0 Å². The summed E-state index contributed by atoms with van der Waals surface area (Å²) in [5.41, 5.74) is 0. The van der Waals surface area contributed by atoms with E-state index in [1.807, 2.05) is 18.5 Å². The molecule has 0 saturated heterocycles. The van der Waals surface area contributed by atoms with Crippen molar-refractivity contribution < 1.29 is 0 Å². The molecule has 1 aromatic rings. The Balaban J connectivity index is 2.13. The Hall–Kier alpha value is -0.920. The van der Waals surface area contributed by atoms with Gasteiger partial charge in [-0.3, -0.25) is 0 Å². The summed E-state index contributed by atoms with van der Waals surface area (Å²) in [4.78, 5) is 8.37. The second-order valence-corrected chi connectivity index (χ2v) is 3.80. The molecule has 0 amide bonds. The first-order chi connectivity index (χ1) is 6.29. The third-order valence-corrected chi connectivity index (χ3v) is 2.05. The second kappa shape index (κ2) is 5.68. The molecule has 1 aromatic heterocycles. The van der Waals surface area contributed by atoms with E-state index >= 15 is 0 Å². The first kappa shape index (κ1) is 10.2. The van der Waals surface area contributed by atoms with E-state index in [1.54, 1.807) is 0 Å². The Kier molecular flexibility index (Phi) is 4.44. The molecule has 2 nitrogen and oxygen atoms in total. The van der Waals surface area contributed by atoms with Gasteiger partial charge in [-0.25, -0.2) is 9.97 Å². The lowest BCUT2D eigenvalue weighted by molar-refractivity contribution is 0.534. The predicted molar refractivity (Wildman–Crippen MR) is 54.4 cm³/mol. The molecule has 72 valence electrons. The predicted octanol–water partition coefficient (Wildman–Crippen LogP) is 2.85. The van der Waals surface area contributed by atoms with Crippen LogP contribution < -0.4 is 0 Å². The van der Waals surface area contributed by atoms with E-state index in [0.29, 0.717) is 0 Å². The number of nitrogens with zero attached hydrogens (tertiary/aromatic N) is 2. The fourth-order valence-electron chi connectivity index (χ4n) is 1.29. The lowest BCUT2D eigenvalue weighted by Crippen LogP contribution is -1.94. The Bertz CT molecular complexity index is 219. The Morgan fingerprint density at radius 3 is 2.46 bits per heavy atom. The average molecular weight is 178 g/mol. The minimum absolute atomic E-state index is 0.816. The molecule has 0 aliphatic heterocycles. The van der Waals surface area contributed by atoms with Crippen molar-refractivity contribution in [3.05, 3.63) is 24.3 Å². The van der Waals surface area contributed by atoms with Gasteiger partial charge in [0, 0.05) is 18.8 Å². The molecule has 0 aliphatic rings. The van der Waals surface area contributed by atoms with Gasteiger partial charge in [0.25, 0.3) is 0 Å². The third kappa shape index (κ3) is 4.61. The molecule has 1 rings (SSSR count). The van der Waals surface area contributed by atoms with Crippen LogP contribution in [0.1, 0.15) is 38.9 Å². The van der Waals surface area contributed by atoms with E-state index < -0.39 is 0 Å². The van der Waals surface area contributed by atoms with Gasteiger partial charge in [-0.1, -0.05) is 26.7 Å². The zero-order chi connectivity index (χ0) is 9.52. The summed E-state index contributed by atoms with van der Waals surface area (Å²) in [5.74, 6) is 1.79. The van der Waals surface area contributed by atoms with E-state index in [4.69, 9.17) is 0 Å². The first-order valence-electron chi connectivity index (χ1n) is 5.05. The van der Waals surface area contributed by atoms with Gasteiger partial charge in [-0.05, 0) is 18.4 Å². The number of aromatic nitrogens is 2. The summed E-state index contributed by atoms with van der Waals surface area (Å²) >= 11 is 0. The molecule has 0 N–H and O–H groups in total. The van der Waals surface area contributed by atoms with Crippen molar-refractivity contribution in [2.75, 3.05) is 0 Å². The maximum atomic E-state index is 4.18. The fourth-order valence-corrected chi connectivity index (χ4v) is 1.29. The summed E-state index contributed by atoms with van der Waals surface area (Å²) in [5, 5.41) is 0. The fraction of sp³-hybridized carbons (Fsp3) is 0.636. The number of unbranched alkanes of at least 4 members (excludes halogenated alkanes) is 1. The number of hydrogen-bond acceptors (Lipinski definition) is 2. The average Bonchev–Trinajstić information content (AvgIpc) is 2.14. The minimum Gasteiger partial charge on any atom is -0.241 e. The highest BCUT2D eigenvalue weighted by Crippen LogP contribution is 2.07. The highest BCUT2D eigenvalue weighted by molar-refractivity contribution is 4.88. The molecule has 0 bridgehead atoms. The maximum Gasteiger partial charge on any atom is 0.128 e. The number of rotatable bonds is 5. The molecule has 0 saturated carbocycles. The Labute approximate surface area is 80.4 Å². The summed E-state index contributed by atoms with van der Waals surface area (Å²) in [6, 6.07) is 1.86. The smallest absolute Gasteiger partial charge is 0.128 e. The van der Waals surface area contributed by atoms with Gasteiger partial charge in [0.15, 0.2) is 0 Å². The Morgan fingerprint density at radius 2 is 1.85 bits per heavy atom. The van der Waals surface area contributed by atoms with E-state index in [9.17, 15) is 0 Å². The van der Waals surface area contributed by atoms with Crippen molar-refractivity contribution >= 4 is 0 Å². The molecule has 0 atom stereocenters. The van der Waals surface area contributed by atoms with Crippen molar-refractivity contribution in [3.8, 4) is 0 Å². The molecule has 1 heterocycles. The molecule has 2 heteroatoms. The van der Waals surface area contributed by atoms with Gasteiger partial charge < -0.3 is 0 Å².